The lowest BCUT2D eigenvalue weighted by Gasteiger charge is -2.06. The van der Waals surface area contributed by atoms with E-state index in [9.17, 15) is 4.79 Å². The molecule has 110 valence electrons. The van der Waals surface area contributed by atoms with Gasteiger partial charge in [0.05, 0.1) is 11.9 Å². The molecule has 22 heavy (non-hydrogen) atoms. The van der Waals surface area contributed by atoms with Gasteiger partial charge in [0.1, 0.15) is 11.4 Å². The first-order valence-corrected chi connectivity index (χ1v) is 6.99. The minimum absolute atomic E-state index is 0.290. The third kappa shape index (κ3) is 2.80. The zero-order valence-electron chi connectivity index (χ0n) is 11.5. The molecule has 1 amide bonds. The summed E-state index contributed by atoms with van der Waals surface area (Å²) in [5.41, 5.74) is 7.79. The highest BCUT2D eigenvalue weighted by Crippen LogP contribution is 2.19. The SMILES string of the molecule is Nc1c(C(=O)Nc2ccc(Cl)cc2)cnn1-c1ccccc1. The van der Waals surface area contributed by atoms with Crippen LogP contribution in [0.4, 0.5) is 11.5 Å². The molecule has 5 nitrogen and oxygen atoms in total. The van der Waals surface area contributed by atoms with E-state index < -0.39 is 0 Å². The Kier molecular flexibility index (Phi) is 3.80. The largest absolute Gasteiger partial charge is 0.383 e. The number of carbonyl (C=O) groups is 1. The molecule has 0 bridgehead atoms. The second kappa shape index (κ2) is 5.91. The van der Waals surface area contributed by atoms with Crippen LogP contribution in [0.15, 0.2) is 60.8 Å². The highest BCUT2D eigenvalue weighted by atomic mass is 35.5. The molecular weight excluding hydrogens is 300 g/mol. The van der Waals surface area contributed by atoms with E-state index in [1.165, 1.54) is 10.9 Å². The average Bonchev–Trinajstić information content (AvgIpc) is 2.92. The minimum atomic E-state index is -0.318. The van der Waals surface area contributed by atoms with Gasteiger partial charge in [0.2, 0.25) is 0 Å². The Morgan fingerprint density at radius 1 is 1.09 bits per heavy atom. The van der Waals surface area contributed by atoms with Crippen molar-refractivity contribution in [1.29, 1.82) is 0 Å². The highest BCUT2D eigenvalue weighted by Gasteiger charge is 2.16. The Morgan fingerprint density at radius 2 is 1.77 bits per heavy atom. The van der Waals surface area contributed by atoms with Crippen LogP contribution in [0, 0.1) is 0 Å². The lowest BCUT2D eigenvalue weighted by Crippen LogP contribution is -2.14. The number of nitrogens with two attached hydrogens (primary N) is 1. The first-order valence-electron chi connectivity index (χ1n) is 6.61. The summed E-state index contributed by atoms with van der Waals surface area (Å²) >= 11 is 5.82. The number of rotatable bonds is 3. The third-order valence-corrected chi connectivity index (χ3v) is 3.41. The summed E-state index contributed by atoms with van der Waals surface area (Å²) in [6.07, 6.45) is 1.45. The first-order chi connectivity index (χ1) is 10.6. The Hall–Kier alpha value is -2.79. The summed E-state index contributed by atoms with van der Waals surface area (Å²) in [4.78, 5) is 12.3. The topological polar surface area (TPSA) is 72.9 Å². The number of hydrogen-bond acceptors (Lipinski definition) is 3. The first kappa shape index (κ1) is 14.2. The molecule has 0 spiro atoms. The second-order valence-electron chi connectivity index (χ2n) is 4.65. The van der Waals surface area contributed by atoms with E-state index in [1.807, 2.05) is 30.3 Å². The van der Waals surface area contributed by atoms with Crippen molar-refractivity contribution in [1.82, 2.24) is 9.78 Å². The van der Waals surface area contributed by atoms with Gasteiger partial charge in [-0.3, -0.25) is 4.79 Å². The molecule has 0 aliphatic heterocycles. The summed E-state index contributed by atoms with van der Waals surface area (Å²) < 4.78 is 1.52. The number of para-hydroxylation sites is 1. The van der Waals surface area contributed by atoms with Gasteiger partial charge < -0.3 is 11.1 Å². The minimum Gasteiger partial charge on any atom is -0.383 e. The number of halogens is 1. The molecule has 0 atom stereocenters. The van der Waals surface area contributed by atoms with E-state index >= 15 is 0 Å². The number of nitrogens with one attached hydrogen (secondary N) is 1. The number of aromatic nitrogens is 2. The summed E-state index contributed by atoms with van der Waals surface area (Å²) in [6.45, 7) is 0. The van der Waals surface area contributed by atoms with Crippen molar-refractivity contribution < 1.29 is 4.79 Å². The van der Waals surface area contributed by atoms with Gasteiger partial charge in [0, 0.05) is 10.7 Å². The molecule has 6 heteroatoms. The number of amides is 1. The van der Waals surface area contributed by atoms with Crippen molar-refractivity contribution in [3.8, 4) is 5.69 Å². The lowest BCUT2D eigenvalue weighted by molar-refractivity contribution is 0.102. The van der Waals surface area contributed by atoms with E-state index in [0.29, 0.717) is 16.3 Å². The van der Waals surface area contributed by atoms with Crippen LogP contribution < -0.4 is 11.1 Å². The predicted octanol–water partition coefficient (Wildman–Crippen LogP) is 3.36. The molecule has 3 N–H and O–H groups in total. The van der Waals surface area contributed by atoms with Gasteiger partial charge in [-0.1, -0.05) is 29.8 Å². The molecule has 0 radical (unpaired) electrons. The zero-order chi connectivity index (χ0) is 15.5. The van der Waals surface area contributed by atoms with Crippen molar-refractivity contribution in [2.24, 2.45) is 0 Å². The summed E-state index contributed by atoms with van der Waals surface area (Å²) in [5, 5.41) is 7.54. The third-order valence-electron chi connectivity index (χ3n) is 3.15. The molecule has 0 aliphatic rings. The summed E-state index contributed by atoms with van der Waals surface area (Å²) in [7, 11) is 0. The fraction of sp³-hybridized carbons (Fsp3) is 0. The van der Waals surface area contributed by atoms with Crippen molar-refractivity contribution in [2.75, 3.05) is 11.1 Å². The smallest absolute Gasteiger partial charge is 0.261 e. The second-order valence-corrected chi connectivity index (χ2v) is 5.09. The number of anilines is 2. The molecule has 1 aromatic heterocycles. The van der Waals surface area contributed by atoms with Gasteiger partial charge in [-0.25, -0.2) is 4.68 Å². The molecule has 3 aromatic rings. The lowest BCUT2D eigenvalue weighted by atomic mass is 10.2. The van der Waals surface area contributed by atoms with E-state index in [2.05, 4.69) is 10.4 Å². The van der Waals surface area contributed by atoms with Gasteiger partial charge in [0.25, 0.3) is 5.91 Å². The van der Waals surface area contributed by atoms with Crippen molar-refractivity contribution in [2.45, 2.75) is 0 Å². The van der Waals surface area contributed by atoms with Crippen LogP contribution >= 0.6 is 11.6 Å². The van der Waals surface area contributed by atoms with Gasteiger partial charge in [-0.15, -0.1) is 0 Å². The number of nitrogens with zero attached hydrogens (tertiary/aromatic N) is 2. The van der Waals surface area contributed by atoms with Gasteiger partial charge >= 0.3 is 0 Å². The molecule has 1 heterocycles. The number of hydrogen-bond donors (Lipinski definition) is 2. The highest BCUT2D eigenvalue weighted by molar-refractivity contribution is 6.30. The van der Waals surface area contributed by atoms with E-state index in [4.69, 9.17) is 17.3 Å². The molecule has 0 fully saturated rings. The van der Waals surface area contributed by atoms with Gasteiger partial charge in [-0.2, -0.15) is 5.10 Å². The fourth-order valence-electron chi connectivity index (χ4n) is 2.04. The Bertz CT molecular complexity index is 797. The predicted molar refractivity (Wildman–Crippen MR) is 87.4 cm³/mol. The van der Waals surface area contributed by atoms with Crippen LogP contribution in [0.25, 0.3) is 5.69 Å². The van der Waals surface area contributed by atoms with Crippen molar-refractivity contribution in [3.63, 3.8) is 0 Å². The molecule has 0 aliphatic carbocycles. The number of nitrogen functional groups attached to an aromatic ring is 1. The quantitative estimate of drug-likeness (QED) is 0.779. The maximum atomic E-state index is 12.3. The number of benzene rings is 2. The Labute approximate surface area is 132 Å². The van der Waals surface area contributed by atoms with E-state index in [-0.39, 0.29) is 11.7 Å². The van der Waals surface area contributed by atoms with Crippen LogP contribution in [0.3, 0.4) is 0 Å². The van der Waals surface area contributed by atoms with Crippen LogP contribution in [0.2, 0.25) is 5.02 Å². The number of carbonyl (C=O) groups excluding carboxylic acids is 1. The van der Waals surface area contributed by atoms with Crippen molar-refractivity contribution in [3.05, 3.63) is 71.4 Å². The van der Waals surface area contributed by atoms with Crippen LogP contribution in [0.5, 0.6) is 0 Å². The normalized spacial score (nSPS) is 10.4. The maximum absolute atomic E-state index is 12.3. The molecular formula is C16H13ClN4O. The molecule has 0 unspecified atom stereocenters. The maximum Gasteiger partial charge on any atom is 0.261 e. The summed E-state index contributed by atoms with van der Waals surface area (Å²) in [5.74, 6) is -0.0281. The Morgan fingerprint density at radius 3 is 2.45 bits per heavy atom. The van der Waals surface area contributed by atoms with Gasteiger partial charge in [0.15, 0.2) is 0 Å². The van der Waals surface area contributed by atoms with E-state index in [0.717, 1.165) is 5.69 Å². The molecule has 2 aromatic carbocycles. The molecule has 0 saturated carbocycles. The van der Waals surface area contributed by atoms with E-state index in [1.54, 1.807) is 24.3 Å². The molecule has 0 saturated heterocycles. The standard InChI is InChI=1S/C16H13ClN4O/c17-11-6-8-12(9-7-11)20-16(22)14-10-19-21(15(14)18)13-4-2-1-3-5-13/h1-10H,18H2,(H,20,22). The molecule has 3 rings (SSSR count). The Balaban J connectivity index is 1.85. The van der Waals surface area contributed by atoms with Gasteiger partial charge in [-0.05, 0) is 36.4 Å². The van der Waals surface area contributed by atoms with Crippen LogP contribution in [-0.2, 0) is 0 Å². The van der Waals surface area contributed by atoms with Crippen LogP contribution in [-0.4, -0.2) is 15.7 Å². The zero-order valence-corrected chi connectivity index (χ0v) is 12.3. The monoisotopic (exact) mass is 312 g/mol. The van der Waals surface area contributed by atoms with Crippen molar-refractivity contribution >= 4 is 29.0 Å². The van der Waals surface area contributed by atoms with Crippen LogP contribution in [0.1, 0.15) is 10.4 Å². The average molecular weight is 313 g/mol. The fourth-order valence-corrected chi connectivity index (χ4v) is 2.17. The summed E-state index contributed by atoms with van der Waals surface area (Å²) in [6, 6.07) is 16.2.